The summed E-state index contributed by atoms with van der Waals surface area (Å²) in [5, 5.41) is 3.55. The van der Waals surface area contributed by atoms with Crippen LogP contribution in [-0.2, 0) is 11.3 Å². The molecule has 1 N–H and O–H groups in total. The first kappa shape index (κ1) is 11.6. The van der Waals surface area contributed by atoms with E-state index in [4.69, 9.17) is 4.74 Å². The molecule has 1 heterocycles. The van der Waals surface area contributed by atoms with Gasteiger partial charge >= 0.3 is 0 Å². The predicted octanol–water partition coefficient (Wildman–Crippen LogP) is 2.05. The average Bonchev–Trinajstić information content (AvgIpc) is 2.74. The van der Waals surface area contributed by atoms with E-state index < -0.39 is 0 Å². The second kappa shape index (κ2) is 5.41. The van der Waals surface area contributed by atoms with Crippen LogP contribution in [0.4, 0.5) is 0 Å². The van der Waals surface area contributed by atoms with Gasteiger partial charge in [0.15, 0.2) is 0 Å². The quantitative estimate of drug-likeness (QED) is 0.843. The van der Waals surface area contributed by atoms with Crippen molar-refractivity contribution in [1.29, 1.82) is 0 Å². The van der Waals surface area contributed by atoms with Crippen molar-refractivity contribution in [3.63, 3.8) is 0 Å². The van der Waals surface area contributed by atoms with Gasteiger partial charge in [-0.15, -0.1) is 0 Å². The number of aryl methyl sites for hydroxylation is 1. The Morgan fingerprint density at radius 3 is 3.00 bits per heavy atom. The number of pyridine rings is 1. The molecule has 0 radical (unpaired) electrons. The lowest BCUT2D eigenvalue weighted by Crippen LogP contribution is -2.27. The molecule has 2 atom stereocenters. The monoisotopic (exact) mass is 220 g/mol. The van der Waals surface area contributed by atoms with Crippen LogP contribution < -0.4 is 5.32 Å². The summed E-state index contributed by atoms with van der Waals surface area (Å²) < 4.78 is 5.36. The molecule has 1 aliphatic rings. The maximum absolute atomic E-state index is 5.36. The second-order valence-corrected chi connectivity index (χ2v) is 4.52. The van der Waals surface area contributed by atoms with Gasteiger partial charge in [-0.05, 0) is 38.3 Å². The molecule has 88 valence electrons. The normalized spacial score (nSPS) is 24.9. The topological polar surface area (TPSA) is 34.1 Å². The average molecular weight is 220 g/mol. The third-order valence-electron chi connectivity index (χ3n) is 3.24. The van der Waals surface area contributed by atoms with Gasteiger partial charge in [0.1, 0.15) is 0 Å². The standard InChI is InChI=1S/C13H20N2O/c1-10-4-3-5-12(15-10)9-14-11-6-7-13(8-11)16-2/h3-5,11,13-14H,6-9H2,1-2H3. The molecule has 3 nitrogen and oxygen atoms in total. The lowest BCUT2D eigenvalue weighted by molar-refractivity contribution is 0.107. The predicted molar refractivity (Wildman–Crippen MR) is 64.2 cm³/mol. The Kier molecular flexibility index (Phi) is 3.91. The van der Waals surface area contributed by atoms with E-state index in [2.05, 4.69) is 22.4 Å². The Labute approximate surface area is 97.2 Å². The van der Waals surface area contributed by atoms with Crippen molar-refractivity contribution in [2.45, 2.75) is 44.9 Å². The smallest absolute Gasteiger partial charge is 0.0586 e. The molecule has 1 aliphatic carbocycles. The third kappa shape index (κ3) is 3.03. The molecular formula is C13H20N2O. The summed E-state index contributed by atoms with van der Waals surface area (Å²) in [7, 11) is 1.80. The van der Waals surface area contributed by atoms with Gasteiger partial charge in [-0.25, -0.2) is 0 Å². The van der Waals surface area contributed by atoms with E-state index in [9.17, 15) is 0 Å². The molecule has 0 aliphatic heterocycles. The first-order valence-corrected chi connectivity index (χ1v) is 5.96. The highest BCUT2D eigenvalue weighted by atomic mass is 16.5. The van der Waals surface area contributed by atoms with Crippen LogP contribution >= 0.6 is 0 Å². The molecule has 2 rings (SSSR count). The van der Waals surface area contributed by atoms with E-state index in [1.807, 2.05) is 13.0 Å². The van der Waals surface area contributed by atoms with Gasteiger partial charge in [-0.2, -0.15) is 0 Å². The Bertz CT molecular complexity index is 340. The molecule has 1 fully saturated rings. The summed E-state index contributed by atoms with van der Waals surface area (Å²) in [6.45, 7) is 2.89. The highest BCUT2D eigenvalue weighted by molar-refractivity contribution is 5.09. The molecule has 16 heavy (non-hydrogen) atoms. The summed E-state index contributed by atoms with van der Waals surface area (Å²) in [6, 6.07) is 6.75. The van der Waals surface area contributed by atoms with Gasteiger partial charge < -0.3 is 10.1 Å². The molecule has 0 saturated heterocycles. The van der Waals surface area contributed by atoms with Crippen molar-refractivity contribution in [1.82, 2.24) is 10.3 Å². The van der Waals surface area contributed by atoms with Crippen LogP contribution in [0.2, 0.25) is 0 Å². The van der Waals surface area contributed by atoms with Gasteiger partial charge in [-0.1, -0.05) is 6.07 Å². The summed E-state index contributed by atoms with van der Waals surface area (Å²) in [5.41, 5.74) is 2.21. The lowest BCUT2D eigenvalue weighted by atomic mass is 10.2. The van der Waals surface area contributed by atoms with Crippen molar-refractivity contribution in [3.8, 4) is 0 Å². The van der Waals surface area contributed by atoms with E-state index in [1.165, 1.54) is 12.8 Å². The van der Waals surface area contributed by atoms with E-state index in [1.54, 1.807) is 7.11 Å². The van der Waals surface area contributed by atoms with E-state index in [0.717, 1.165) is 24.4 Å². The van der Waals surface area contributed by atoms with Crippen LogP contribution in [0, 0.1) is 6.92 Å². The van der Waals surface area contributed by atoms with Gasteiger partial charge in [-0.3, -0.25) is 4.98 Å². The third-order valence-corrected chi connectivity index (χ3v) is 3.24. The van der Waals surface area contributed by atoms with Crippen molar-refractivity contribution < 1.29 is 4.74 Å². The number of aromatic nitrogens is 1. The Balaban J connectivity index is 1.80. The molecular weight excluding hydrogens is 200 g/mol. The summed E-state index contributed by atoms with van der Waals surface area (Å²) in [5.74, 6) is 0. The van der Waals surface area contributed by atoms with Crippen molar-refractivity contribution in [2.24, 2.45) is 0 Å². The molecule has 0 amide bonds. The zero-order valence-electron chi connectivity index (χ0n) is 10.1. The highest BCUT2D eigenvalue weighted by Crippen LogP contribution is 2.21. The summed E-state index contributed by atoms with van der Waals surface area (Å²) in [6.07, 6.45) is 3.96. The lowest BCUT2D eigenvalue weighted by Gasteiger charge is -2.12. The van der Waals surface area contributed by atoms with E-state index in [-0.39, 0.29) is 0 Å². The fraction of sp³-hybridized carbons (Fsp3) is 0.615. The van der Waals surface area contributed by atoms with Crippen molar-refractivity contribution >= 4 is 0 Å². The SMILES string of the molecule is COC1CCC(NCc2cccc(C)n2)C1. The zero-order chi connectivity index (χ0) is 11.4. The highest BCUT2D eigenvalue weighted by Gasteiger charge is 2.23. The van der Waals surface area contributed by atoms with Crippen LogP contribution in [0.1, 0.15) is 30.7 Å². The number of methoxy groups -OCH3 is 1. The molecule has 1 aromatic rings. The minimum absolute atomic E-state index is 0.447. The molecule has 3 heteroatoms. The maximum Gasteiger partial charge on any atom is 0.0586 e. The molecule has 0 spiro atoms. The number of nitrogens with one attached hydrogen (secondary N) is 1. The minimum Gasteiger partial charge on any atom is -0.381 e. The number of ether oxygens (including phenoxy) is 1. The Hall–Kier alpha value is -0.930. The van der Waals surface area contributed by atoms with Crippen LogP contribution in [0.15, 0.2) is 18.2 Å². The van der Waals surface area contributed by atoms with Crippen LogP contribution in [-0.4, -0.2) is 24.2 Å². The number of hydrogen-bond acceptors (Lipinski definition) is 3. The van der Waals surface area contributed by atoms with Gasteiger partial charge in [0.05, 0.1) is 11.8 Å². The molecule has 0 aromatic carbocycles. The molecule has 1 aromatic heterocycles. The molecule has 0 bridgehead atoms. The van der Waals surface area contributed by atoms with Crippen LogP contribution in [0.5, 0.6) is 0 Å². The van der Waals surface area contributed by atoms with E-state index >= 15 is 0 Å². The number of rotatable bonds is 4. The van der Waals surface area contributed by atoms with Gasteiger partial charge in [0.25, 0.3) is 0 Å². The largest absolute Gasteiger partial charge is 0.381 e. The zero-order valence-corrected chi connectivity index (χ0v) is 10.1. The Morgan fingerprint density at radius 1 is 1.44 bits per heavy atom. The molecule has 2 unspecified atom stereocenters. The van der Waals surface area contributed by atoms with Crippen molar-refractivity contribution in [2.75, 3.05) is 7.11 Å². The summed E-state index contributed by atoms with van der Waals surface area (Å²) >= 11 is 0. The Morgan fingerprint density at radius 2 is 2.31 bits per heavy atom. The molecule has 1 saturated carbocycles. The number of nitrogens with zero attached hydrogens (tertiary/aromatic N) is 1. The van der Waals surface area contributed by atoms with E-state index in [0.29, 0.717) is 12.1 Å². The summed E-state index contributed by atoms with van der Waals surface area (Å²) in [4.78, 5) is 4.48. The van der Waals surface area contributed by atoms with Crippen molar-refractivity contribution in [3.05, 3.63) is 29.6 Å². The van der Waals surface area contributed by atoms with Gasteiger partial charge in [0.2, 0.25) is 0 Å². The maximum atomic E-state index is 5.36. The fourth-order valence-corrected chi connectivity index (χ4v) is 2.29. The first-order valence-electron chi connectivity index (χ1n) is 5.96. The van der Waals surface area contributed by atoms with Gasteiger partial charge in [0, 0.05) is 25.4 Å². The number of hydrogen-bond donors (Lipinski definition) is 1. The fourth-order valence-electron chi connectivity index (χ4n) is 2.29. The first-order chi connectivity index (χ1) is 7.78. The second-order valence-electron chi connectivity index (χ2n) is 4.52. The van der Waals surface area contributed by atoms with Crippen LogP contribution in [0.3, 0.4) is 0 Å². The minimum atomic E-state index is 0.447. The van der Waals surface area contributed by atoms with Crippen LogP contribution in [0.25, 0.3) is 0 Å².